The molecule has 0 N–H and O–H groups in total. The quantitative estimate of drug-likeness (QED) is 0.536. The van der Waals surface area contributed by atoms with Crippen molar-refractivity contribution in [3.63, 3.8) is 0 Å². The third kappa shape index (κ3) is 3.38. The minimum atomic E-state index is 0.887. The first-order valence-electron chi connectivity index (χ1n) is 9.85. The van der Waals surface area contributed by atoms with Gasteiger partial charge in [0.2, 0.25) is 0 Å². The predicted octanol–water partition coefficient (Wildman–Crippen LogP) is 3.73. The third-order valence-corrected chi connectivity index (χ3v) is 5.46. The highest BCUT2D eigenvalue weighted by Crippen LogP contribution is 2.27. The predicted molar refractivity (Wildman–Crippen MR) is 116 cm³/mol. The van der Waals surface area contributed by atoms with Crippen LogP contribution in [0.3, 0.4) is 0 Å². The Labute approximate surface area is 170 Å². The number of nitrogens with zero attached hydrogens (tertiary/aromatic N) is 5. The minimum absolute atomic E-state index is 0.887. The average molecular weight is 385 g/mol. The summed E-state index contributed by atoms with van der Waals surface area (Å²) in [7, 11) is 1.70. The van der Waals surface area contributed by atoms with Crippen molar-refractivity contribution >= 4 is 17.0 Å². The van der Waals surface area contributed by atoms with Gasteiger partial charge in [-0.05, 0) is 30.3 Å². The van der Waals surface area contributed by atoms with Crippen LogP contribution in [-0.2, 0) is 0 Å². The van der Waals surface area contributed by atoms with Crippen LogP contribution in [-0.4, -0.2) is 47.9 Å². The van der Waals surface area contributed by atoms with Gasteiger partial charge in [-0.25, -0.2) is 9.50 Å². The van der Waals surface area contributed by atoms with E-state index in [9.17, 15) is 0 Å². The van der Waals surface area contributed by atoms with E-state index in [4.69, 9.17) is 9.84 Å². The highest BCUT2D eigenvalue weighted by Gasteiger charge is 2.21. The van der Waals surface area contributed by atoms with Gasteiger partial charge in [0.05, 0.1) is 12.8 Å². The van der Waals surface area contributed by atoms with Crippen LogP contribution in [0.4, 0.5) is 11.5 Å². The number of benzene rings is 2. The van der Waals surface area contributed by atoms with Gasteiger partial charge in [-0.3, -0.25) is 0 Å². The van der Waals surface area contributed by atoms with E-state index in [1.807, 2.05) is 47.2 Å². The summed E-state index contributed by atoms with van der Waals surface area (Å²) in [6.45, 7) is 3.75. The Morgan fingerprint density at radius 3 is 2.31 bits per heavy atom. The fraction of sp³-hybridized carbons (Fsp3) is 0.217. The van der Waals surface area contributed by atoms with Gasteiger partial charge in [0, 0.05) is 49.8 Å². The molecule has 0 atom stereocenters. The fourth-order valence-electron chi connectivity index (χ4n) is 3.87. The molecule has 0 spiro atoms. The number of anilines is 2. The first kappa shape index (κ1) is 17.6. The van der Waals surface area contributed by atoms with Crippen molar-refractivity contribution in [2.75, 3.05) is 43.1 Å². The second-order valence-corrected chi connectivity index (χ2v) is 7.15. The van der Waals surface area contributed by atoms with Crippen molar-refractivity contribution in [1.82, 2.24) is 14.6 Å². The van der Waals surface area contributed by atoms with Crippen LogP contribution in [0.5, 0.6) is 5.75 Å². The monoisotopic (exact) mass is 385 g/mol. The Bertz CT molecular complexity index is 1100. The summed E-state index contributed by atoms with van der Waals surface area (Å²) in [6, 6.07) is 20.7. The molecule has 0 saturated carbocycles. The van der Waals surface area contributed by atoms with E-state index in [1.54, 1.807) is 7.11 Å². The fourth-order valence-corrected chi connectivity index (χ4v) is 3.87. The lowest BCUT2D eigenvalue weighted by Crippen LogP contribution is -2.47. The molecule has 2 aromatic heterocycles. The van der Waals surface area contributed by atoms with E-state index >= 15 is 0 Å². The number of hydrogen-bond acceptors (Lipinski definition) is 5. The zero-order valence-corrected chi connectivity index (χ0v) is 16.4. The van der Waals surface area contributed by atoms with Gasteiger partial charge >= 0.3 is 0 Å². The van der Waals surface area contributed by atoms with Gasteiger partial charge in [-0.15, -0.1) is 0 Å². The molecule has 5 rings (SSSR count). The maximum Gasteiger partial charge on any atom is 0.154 e. The smallest absolute Gasteiger partial charge is 0.154 e. The lowest BCUT2D eigenvalue weighted by Gasteiger charge is -2.36. The maximum absolute atomic E-state index is 5.26. The number of fused-ring (bicyclic) bond motifs is 1. The Morgan fingerprint density at radius 2 is 1.59 bits per heavy atom. The molecule has 146 valence electrons. The zero-order valence-electron chi connectivity index (χ0n) is 16.4. The molecule has 0 amide bonds. The van der Waals surface area contributed by atoms with Crippen LogP contribution < -0.4 is 14.5 Å². The van der Waals surface area contributed by atoms with Crippen LogP contribution in [0, 0.1) is 0 Å². The molecule has 3 heterocycles. The van der Waals surface area contributed by atoms with Crippen molar-refractivity contribution in [1.29, 1.82) is 0 Å². The molecule has 0 radical (unpaired) electrons. The van der Waals surface area contributed by atoms with Crippen molar-refractivity contribution in [2.45, 2.75) is 0 Å². The molecule has 1 saturated heterocycles. The van der Waals surface area contributed by atoms with E-state index in [-0.39, 0.29) is 0 Å². The number of aromatic nitrogens is 3. The zero-order chi connectivity index (χ0) is 19.6. The molecule has 1 aliphatic rings. The highest BCUT2D eigenvalue weighted by atomic mass is 16.5. The first-order chi connectivity index (χ1) is 14.3. The molecule has 0 bridgehead atoms. The van der Waals surface area contributed by atoms with Crippen molar-refractivity contribution < 1.29 is 4.74 Å². The van der Waals surface area contributed by atoms with Gasteiger partial charge in [-0.2, -0.15) is 5.10 Å². The molecular weight excluding hydrogens is 362 g/mol. The molecule has 1 fully saturated rings. The van der Waals surface area contributed by atoms with Crippen LogP contribution in [0.15, 0.2) is 73.1 Å². The van der Waals surface area contributed by atoms with E-state index < -0.39 is 0 Å². The summed E-state index contributed by atoms with van der Waals surface area (Å²) < 4.78 is 7.19. The summed E-state index contributed by atoms with van der Waals surface area (Å²) in [5.41, 5.74) is 4.36. The minimum Gasteiger partial charge on any atom is -0.497 e. The Morgan fingerprint density at radius 1 is 0.862 bits per heavy atom. The topological polar surface area (TPSA) is 45.9 Å². The molecule has 6 nitrogen and oxygen atoms in total. The average Bonchev–Trinajstić information content (AvgIpc) is 3.24. The largest absolute Gasteiger partial charge is 0.497 e. The molecule has 4 aromatic rings. The van der Waals surface area contributed by atoms with E-state index in [1.165, 1.54) is 5.69 Å². The van der Waals surface area contributed by atoms with Gasteiger partial charge in [0.25, 0.3) is 0 Å². The van der Waals surface area contributed by atoms with Gasteiger partial charge in [0.1, 0.15) is 11.3 Å². The summed E-state index contributed by atoms with van der Waals surface area (Å²) in [5.74, 6) is 1.88. The van der Waals surface area contributed by atoms with Crippen LogP contribution >= 0.6 is 0 Å². The van der Waals surface area contributed by atoms with Crippen LogP contribution in [0.2, 0.25) is 0 Å². The van der Waals surface area contributed by atoms with Crippen LogP contribution in [0.25, 0.3) is 16.8 Å². The second kappa shape index (κ2) is 7.47. The number of methoxy groups -OCH3 is 1. The van der Waals surface area contributed by atoms with Crippen LogP contribution in [0.1, 0.15) is 0 Å². The lowest BCUT2D eigenvalue weighted by molar-refractivity contribution is 0.415. The molecule has 1 aliphatic heterocycles. The van der Waals surface area contributed by atoms with E-state index in [0.29, 0.717) is 0 Å². The molecular formula is C23H23N5O. The summed E-state index contributed by atoms with van der Waals surface area (Å²) in [6.07, 6.45) is 3.75. The molecule has 29 heavy (non-hydrogen) atoms. The van der Waals surface area contributed by atoms with Crippen molar-refractivity contribution in [3.8, 4) is 17.0 Å². The Hall–Kier alpha value is -3.54. The summed E-state index contributed by atoms with van der Waals surface area (Å²) >= 11 is 0. The molecule has 0 unspecified atom stereocenters. The molecule has 0 aliphatic carbocycles. The Kier molecular flexibility index (Phi) is 4.52. The van der Waals surface area contributed by atoms with Gasteiger partial charge in [0.15, 0.2) is 5.82 Å². The number of piperazine rings is 1. The summed E-state index contributed by atoms with van der Waals surface area (Å²) in [4.78, 5) is 9.45. The third-order valence-electron chi connectivity index (χ3n) is 5.46. The molecule has 6 heteroatoms. The SMILES string of the molecule is COc1ccc(N2CCN(c3nccn4nc(-c5ccccc5)cc34)CC2)cc1. The number of hydrogen-bond donors (Lipinski definition) is 0. The lowest BCUT2D eigenvalue weighted by atomic mass is 10.1. The normalized spacial score (nSPS) is 14.4. The standard InChI is InChI=1S/C23H23N5O/c1-29-20-9-7-19(8-10-20)26-13-15-27(16-14-26)23-22-17-21(18-5-3-2-4-6-18)25-28(22)12-11-24-23/h2-12,17H,13-16H2,1H3. The van der Waals surface area contributed by atoms with Gasteiger partial charge in [-0.1, -0.05) is 30.3 Å². The van der Waals surface area contributed by atoms with E-state index in [2.05, 4.69) is 45.1 Å². The number of rotatable bonds is 4. The summed E-state index contributed by atoms with van der Waals surface area (Å²) in [5, 5.41) is 4.75. The van der Waals surface area contributed by atoms with Gasteiger partial charge < -0.3 is 14.5 Å². The van der Waals surface area contributed by atoms with Crippen molar-refractivity contribution in [2.24, 2.45) is 0 Å². The van der Waals surface area contributed by atoms with E-state index in [0.717, 1.165) is 54.5 Å². The maximum atomic E-state index is 5.26. The Balaban J connectivity index is 1.37. The highest BCUT2D eigenvalue weighted by molar-refractivity contribution is 5.75. The second-order valence-electron chi connectivity index (χ2n) is 7.15. The van der Waals surface area contributed by atoms with Crippen molar-refractivity contribution in [3.05, 3.63) is 73.1 Å². The molecule has 2 aromatic carbocycles. The first-order valence-corrected chi connectivity index (χ1v) is 9.85. The number of ether oxygens (including phenoxy) is 1.